The van der Waals surface area contributed by atoms with Crippen LogP contribution in [-0.4, -0.2) is 11.2 Å². The lowest BCUT2D eigenvalue weighted by molar-refractivity contribution is -0.124. The van der Waals surface area contributed by atoms with E-state index in [1.165, 1.54) is 0 Å². The molecule has 8 heavy (non-hydrogen) atoms. The Kier molecular flexibility index (Phi) is 2.47. The van der Waals surface area contributed by atoms with E-state index in [9.17, 15) is 4.79 Å². The quantitative estimate of drug-likeness (QED) is 0.630. The molecule has 0 aromatic carbocycles. The lowest BCUT2D eigenvalue weighted by Crippen LogP contribution is -2.32. The summed E-state index contributed by atoms with van der Waals surface area (Å²) in [7, 11) is 0. The summed E-state index contributed by atoms with van der Waals surface area (Å²) in [5.41, 5.74) is 4.61. The maximum Gasteiger partial charge on any atom is 0.223 e. The molecule has 0 aliphatic heterocycles. The van der Waals surface area contributed by atoms with Gasteiger partial charge in [-0.25, -0.2) is 0 Å². The highest BCUT2D eigenvalue weighted by Crippen LogP contribution is 2.16. The van der Waals surface area contributed by atoms with Crippen molar-refractivity contribution in [3.05, 3.63) is 0 Å². The average molecular weight is 180 g/mol. The third kappa shape index (κ3) is 1.82. The third-order valence-electron chi connectivity index (χ3n) is 1.00. The van der Waals surface area contributed by atoms with E-state index in [4.69, 9.17) is 5.73 Å². The number of hydrogen-bond donors (Lipinski definition) is 1. The molecule has 2 nitrogen and oxygen atoms in total. The Labute approximate surface area is 57.6 Å². The van der Waals surface area contributed by atoms with Crippen LogP contribution in [0, 0.1) is 5.41 Å². The molecule has 1 amide bonds. The molecule has 0 rings (SSSR count). The van der Waals surface area contributed by atoms with Crippen molar-refractivity contribution in [2.24, 2.45) is 11.1 Å². The van der Waals surface area contributed by atoms with Gasteiger partial charge in [0.2, 0.25) is 5.91 Å². The van der Waals surface area contributed by atoms with Gasteiger partial charge < -0.3 is 5.73 Å². The predicted octanol–water partition coefficient (Wildman–Crippen LogP) is 0.893. The van der Waals surface area contributed by atoms with Crippen LogP contribution in [-0.2, 0) is 4.79 Å². The second-order valence-corrected chi connectivity index (χ2v) is 2.94. The number of alkyl halides is 1. The fourth-order valence-electron chi connectivity index (χ4n) is 0.0659. The highest BCUT2D eigenvalue weighted by atomic mass is 79.9. The zero-order valence-electron chi connectivity index (χ0n) is 5.07. The molecule has 3 heteroatoms. The van der Waals surface area contributed by atoms with E-state index in [2.05, 4.69) is 15.9 Å². The summed E-state index contributed by atoms with van der Waals surface area (Å²) in [5, 5.41) is 0.620. The Morgan fingerprint density at radius 3 is 2.12 bits per heavy atom. The number of carbonyl (C=O) groups is 1. The minimum absolute atomic E-state index is 0.269. The first-order valence-electron chi connectivity index (χ1n) is 2.36. The predicted molar refractivity (Wildman–Crippen MR) is 36.8 cm³/mol. The highest BCUT2D eigenvalue weighted by molar-refractivity contribution is 9.09. The van der Waals surface area contributed by atoms with Crippen molar-refractivity contribution < 1.29 is 4.79 Å². The number of hydrogen-bond acceptors (Lipinski definition) is 1. The van der Waals surface area contributed by atoms with Gasteiger partial charge in [-0.2, -0.15) is 0 Å². The molecule has 0 heterocycles. The first-order valence-corrected chi connectivity index (χ1v) is 3.49. The molecular formula is C5H10BrNO. The number of amides is 1. The molecule has 0 aromatic rings. The number of nitrogens with two attached hydrogens (primary N) is 1. The number of primary amides is 1. The number of halogens is 1. The van der Waals surface area contributed by atoms with Crippen molar-refractivity contribution in [1.29, 1.82) is 0 Å². The van der Waals surface area contributed by atoms with Crippen LogP contribution in [0.15, 0.2) is 0 Å². The molecule has 0 saturated carbocycles. The monoisotopic (exact) mass is 179 g/mol. The van der Waals surface area contributed by atoms with E-state index in [-0.39, 0.29) is 5.91 Å². The van der Waals surface area contributed by atoms with Crippen LogP contribution < -0.4 is 5.73 Å². The fourth-order valence-corrected chi connectivity index (χ4v) is 0.342. The summed E-state index contributed by atoms with van der Waals surface area (Å²) in [6, 6.07) is 0. The first-order chi connectivity index (χ1) is 3.50. The molecule has 0 fully saturated rings. The van der Waals surface area contributed by atoms with Crippen molar-refractivity contribution in [3.8, 4) is 0 Å². The van der Waals surface area contributed by atoms with Gasteiger partial charge in [0.1, 0.15) is 0 Å². The van der Waals surface area contributed by atoms with Crippen LogP contribution in [0.5, 0.6) is 0 Å². The van der Waals surface area contributed by atoms with Crippen LogP contribution in [0.2, 0.25) is 0 Å². The highest BCUT2D eigenvalue weighted by Gasteiger charge is 2.22. The molecule has 0 spiro atoms. The first kappa shape index (κ1) is 7.95. The van der Waals surface area contributed by atoms with Crippen molar-refractivity contribution >= 4 is 21.8 Å². The van der Waals surface area contributed by atoms with Gasteiger partial charge in [-0.3, -0.25) is 4.79 Å². The summed E-state index contributed by atoms with van der Waals surface area (Å²) < 4.78 is 0. The van der Waals surface area contributed by atoms with Gasteiger partial charge in [-0.15, -0.1) is 0 Å². The van der Waals surface area contributed by atoms with Crippen LogP contribution in [0.25, 0.3) is 0 Å². The largest absolute Gasteiger partial charge is 0.369 e. The van der Waals surface area contributed by atoms with Crippen molar-refractivity contribution in [3.63, 3.8) is 0 Å². The summed E-state index contributed by atoms with van der Waals surface area (Å²) in [4.78, 5) is 10.4. The van der Waals surface area contributed by atoms with Gasteiger partial charge in [0.05, 0.1) is 5.41 Å². The van der Waals surface area contributed by atoms with Crippen LogP contribution in [0.3, 0.4) is 0 Å². The summed E-state index contributed by atoms with van der Waals surface area (Å²) in [6.07, 6.45) is 0. The molecule has 0 aliphatic rings. The average Bonchev–Trinajstić information content (AvgIpc) is 1.67. The van der Waals surface area contributed by atoms with E-state index < -0.39 is 5.41 Å². The zero-order valence-corrected chi connectivity index (χ0v) is 6.66. The van der Waals surface area contributed by atoms with Gasteiger partial charge in [0.15, 0.2) is 0 Å². The number of carbonyl (C=O) groups excluding carboxylic acids is 1. The van der Waals surface area contributed by atoms with E-state index in [0.717, 1.165) is 0 Å². The van der Waals surface area contributed by atoms with Crippen molar-refractivity contribution in [2.75, 3.05) is 5.33 Å². The maximum atomic E-state index is 10.4. The zero-order chi connectivity index (χ0) is 6.78. The molecule has 2 N–H and O–H groups in total. The molecule has 0 radical (unpaired) electrons. The van der Waals surface area contributed by atoms with Gasteiger partial charge in [-0.05, 0) is 0 Å². The van der Waals surface area contributed by atoms with Gasteiger partial charge in [0.25, 0.3) is 0 Å². The molecule has 0 aromatic heterocycles. The van der Waals surface area contributed by atoms with Gasteiger partial charge >= 0.3 is 0 Å². The second kappa shape index (κ2) is 2.49. The van der Waals surface area contributed by atoms with Crippen LogP contribution in [0.4, 0.5) is 0 Å². The molecule has 48 valence electrons. The fraction of sp³-hybridized carbons (Fsp3) is 0.800. The van der Waals surface area contributed by atoms with E-state index in [1.54, 1.807) is 13.8 Å². The Morgan fingerprint density at radius 2 is 2.12 bits per heavy atom. The van der Waals surface area contributed by atoms with Crippen LogP contribution in [0.1, 0.15) is 13.8 Å². The molecule has 0 unspecified atom stereocenters. The minimum atomic E-state index is -0.403. The Balaban J connectivity index is 3.91. The topological polar surface area (TPSA) is 43.1 Å². The minimum Gasteiger partial charge on any atom is -0.369 e. The standard InChI is InChI=1S/C5H10BrNO/c1-5(2,3-6)4(7)8/h3H2,1-2H3,(H2,7,8). The molecule has 0 bridgehead atoms. The third-order valence-corrected chi connectivity index (χ3v) is 2.40. The SMILES string of the molecule is CC(C)(CBr)C(N)=O. The molecule has 0 aliphatic carbocycles. The van der Waals surface area contributed by atoms with Gasteiger partial charge in [0, 0.05) is 5.33 Å². The summed E-state index contributed by atoms with van der Waals surface area (Å²) >= 11 is 3.17. The molecular weight excluding hydrogens is 170 g/mol. The Bertz CT molecular complexity index is 101. The normalized spacial score (nSPS) is 11.4. The molecule has 0 atom stereocenters. The number of rotatable bonds is 2. The Hall–Kier alpha value is -0.0500. The van der Waals surface area contributed by atoms with Crippen molar-refractivity contribution in [2.45, 2.75) is 13.8 Å². The lowest BCUT2D eigenvalue weighted by Gasteiger charge is -2.15. The second-order valence-electron chi connectivity index (χ2n) is 2.38. The molecule has 0 saturated heterocycles. The Morgan fingerprint density at radius 1 is 1.75 bits per heavy atom. The van der Waals surface area contributed by atoms with Gasteiger partial charge in [-0.1, -0.05) is 29.8 Å². The van der Waals surface area contributed by atoms with Crippen LogP contribution >= 0.6 is 15.9 Å². The summed E-state index contributed by atoms with van der Waals surface area (Å²) in [5.74, 6) is -0.269. The smallest absolute Gasteiger partial charge is 0.223 e. The lowest BCUT2D eigenvalue weighted by atomic mass is 9.96. The van der Waals surface area contributed by atoms with E-state index >= 15 is 0 Å². The maximum absolute atomic E-state index is 10.4. The summed E-state index contributed by atoms with van der Waals surface area (Å²) in [6.45, 7) is 3.59. The van der Waals surface area contributed by atoms with E-state index in [1.807, 2.05) is 0 Å². The van der Waals surface area contributed by atoms with Crippen molar-refractivity contribution in [1.82, 2.24) is 0 Å². The van der Waals surface area contributed by atoms with E-state index in [0.29, 0.717) is 5.33 Å².